The van der Waals surface area contributed by atoms with E-state index >= 15 is 0 Å². The molecule has 0 aliphatic carbocycles. The molecule has 0 aromatic rings. The van der Waals surface area contributed by atoms with Crippen LogP contribution in [-0.2, 0) is 32.7 Å². The first-order valence-corrected chi connectivity index (χ1v) is 19.8. The highest BCUT2D eigenvalue weighted by Crippen LogP contribution is 2.43. The normalized spacial score (nSPS) is 14.4. The van der Waals surface area contributed by atoms with Gasteiger partial charge in [-0.05, 0) is 38.5 Å². The smallest absolute Gasteiger partial charge is 0.462 e. The van der Waals surface area contributed by atoms with Crippen molar-refractivity contribution in [3.8, 4) is 0 Å². The average molecular weight is 691 g/mol. The lowest BCUT2D eigenvalue weighted by molar-refractivity contribution is -0.161. The van der Waals surface area contributed by atoms with Crippen LogP contribution in [0.2, 0.25) is 0 Å². The number of hydrogen-bond acceptors (Lipinski definition) is 9. The van der Waals surface area contributed by atoms with E-state index in [0.717, 1.165) is 64.2 Å². The summed E-state index contributed by atoms with van der Waals surface area (Å²) in [5.74, 6) is -0.943. The van der Waals surface area contributed by atoms with Gasteiger partial charge in [-0.1, -0.05) is 128 Å². The highest BCUT2D eigenvalue weighted by molar-refractivity contribution is 7.47. The minimum absolute atomic E-state index is 0.170. The Labute approximate surface area is 285 Å². The van der Waals surface area contributed by atoms with Crippen molar-refractivity contribution in [2.75, 3.05) is 26.4 Å². The van der Waals surface area contributed by atoms with Crippen molar-refractivity contribution in [1.29, 1.82) is 0 Å². The van der Waals surface area contributed by atoms with Crippen molar-refractivity contribution in [3.63, 3.8) is 0 Å². The van der Waals surface area contributed by atoms with Crippen molar-refractivity contribution in [2.24, 2.45) is 0 Å². The number of esters is 2. The highest BCUT2D eigenvalue weighted by atomic mass is 31.2. The van der Waals surface area contributed by atoms with Gasteiger partial charge in [-0.25, -0.2) is 4.57 Å². The molecule has 0 aliphatic rings. The molecule has 3 atom stereocenters. The molecule has 11 heteroatoms. The van der Waals surface area contributed by atoms with Gasteiger partial charge >= 0.3 is 19.8 Å². The van der Waals surface area contributed by atoms with Gasteiger partial charge in [-0.3, -0.25) is 18.6 Å². The number of allylic oxidation sites excluding steroid dienone is 4. The SMILES string of the molecule is CCCC/C=C\C/C=C\CCCCCCCC(=O)O[C@H](COC(=O)CCCCCCCCCCCC)COP(=O)(O)OC[C@@H](O)CO. The predicted molar refractivity (Wildman–Crippen MR) is 187 cm³/mol. The first-order valence-electron chi connectivity index (χ1n) is 18.3. The molecule has 3 N–H and O–H groups in total. The first kappa shape index (κ1) is 45.5. The van der Waals surface area contributed by atoms with Crippen LogP contribution in [0.1, 0.15) is 155 Å². The van der Waals surface area contributed by atoms with Crippen molar-refractivity contribution in [3.05, 3.63) is 24.3 Å². The molecule has 0 aromatic heterocycles. The zero-order valence-electron chi connectivity index (χ0n) is 29.5. The Morgan fingerprint density at radius 1 is 0.638 bits per heavy atom. The van der Waals surface area contributed by atoms with Gasteiger partial charge in [0.1, 0.15) is 12.7 Å². The Bertz CT molecular complexity index is 848. The van der Waals surface area contributed by atoms with E-state index in [1.807, 2.05) is 0 Å². The topological polar surface area (TPSA) is 149 Å². The van der Waals surface area contributed by atoms with Crippen LogP contribution in [-0.4, -0.2) is 65.7 Å². The largest absolute Gasteiger partial charge is 0.472 e. The standard InChI is InChI=1S/C36H67O10P/c1-3-5-7-9-11-13-15-16-17-18-20-22-24-26-28-36(40)46-34(32-45-47(41,42)44-30-33(38)29-37)31-43-35(39)27-25-23-21-19-14-12-10-8-6-4-2/h9,11,15-16,33-34,37-38H,3-8,10,12-14,17-32H2,1-2H3,(H,41,42)/b11-9-,16-15-/t33-,34+/m0/s1. The zero-order chi connectivity index (χ0) is 34.9. The van der Waals surface area contributed by atoms with Gasteiger partial charge in [-0.2, -0.15) is 0 Å². The predicted octanol–water partition coefficient (Wildman–Crippen LogP) is 8.66. The number of aliphatic hydroxyl groups is 2. The summed E-state index contributed by atoms with van der Waals surface area (Å²) in [5.41, 5.74) is 0. The fourth-order valence-electron chi connectivity index (χ4n) is 4.71. The van der Waals surface area contributed by atoms with Crippen molar-refractivity contribution in [1.82, 2.24) is 0 Å². The molecule has 0 saturated heterocycles. The monoisotopic (exact) mass is 690 g/mol. The summed E-state index contributed by atoms with van der Waals surface area (Å²) in [6, 6.07) is 0. The fraction of sp³-hybridized carbons (Fsp3) is 0.833. The number of hydrogen-bond donors (Lipinski definition) is 3. The Morgan fingerprint density at radius 2 is 1.13 bits per heavy atom. The number of phosphoric ester groups is 1. The molecule has 276 valence electrons. The fourth-order valence-corrected chi connectivity index (χ4v) is 5.50. The first-order chi connectivity index (χ1) is 22.7. The minimum atomic E-state index is -4.61. The van der Waals surface area contributed by atoms with Crippen LogP contribution in [0, 0.1) is 0 Å². The molecule has 0 rings (SSSR count). The van der Waals surface area contributed by atoms with Crippen LogP contribution in [0.15, 0.2) is 24.3 Å². The van der Waals surface area contributed by atoms with Gasteiger partial charge in [0.15, 0.2) is 6.10 Å². The Kier molecular flexibility index (Phi) is 31.9. The minimum Gasteiger partial charge on any atom is -0.462 e. The second kappa shape index (κ2) is 33.0. The number of carbonyl (C=O) groups excluding carboxylic acids is 2. The van der Waals surface area contributed by atoms with Gasteiger partial charge in [0.2, 0.25) is 0 Å². The van der Waals surface area contributed by atoms with E-state index in [4.69, 9.17) is 19.1 Å². The van der Waals surface area contributed by atoms with Crippen LogP contribution in [0.5, 0.6) is 0 Å². The molecule has 1 unspecified atom stereocenters. The summed E-state index contributed by atoms with van der Waals surface area (Å²) in [7, 11) is -4.61. The molecule has 0 aliphatic heterocycles. The van der Waals surface area contributed by atoms with Gasteiger partial charge in [0.25, 0.3) is 0 Å². The number of unbranched alkanes of at least 4 members (excludes halogenated alkanes) is 16. The second-order valence-electron chi connectivity index (χ2n) is 12.3. The zero-order valence-corrected chi connectivity index (χ0v) is 30.4. The summed E-state index contributed by atoms with van der Waals surface area (Å²) >= 11 is 0. The molecular formula is C36H67O10P. The Balaban J connectivity index is 4.42. The number of phosphoric acid groups is 1. The molecule has 0 bridgehead atoms. The second-order valence-corrected chi connectivity index (χ2v) is 13.7. The lowest BCUT2D eigenvalue weighted by Gasteiger charge is -2.20. The molecule has 0 spiro atoms. The third-order valence-electron chi connectivity index (χ3n) is 7.61. The third kappa shape index (κ3) is 32.8. The average Bonchev–Trinajstić information content (AvgIpc) is 3.05. The maximum atomic E-state index is 12.5. The molecule has 0 amide bonds. The van der Waals surface area contributed by atoms with Crippen molar-refractivity contribution < 1.29 is 47.8 Å². The van der Waals surface area contributed by atoms with Crippen LogP contribution < -0.4 is 0 Å². The maximum Gasteiger partial charge on any atom is 0.472 e. The summed E-state index contributed by atoms with van der Waals surface area (Å²) in [4.78, 5) is 34.7. The van der Waals surface area contributed by atoms with E-state index in [0.29, 0.717) is 12.8 Å². The van der Waals surface area contributed by atoms with Gasteiger partial charge < -0.3 is 24.6 Å². The molecule has 0 radical (unpaired) electrons. The van der Waals surface area contributed by atoms with Gasteiger partial charge in [-0.15, -0.1) is 0 Å². The van der Waals surface area contributed by atoms with Gasteiger partial charge in [0, 0.05) is 12.8 Å². The molecule has 47 heavy (non-hydrogen) atoms. The summed E-state index contributed by atoms with van der Waals surface area (Å²) in [6.07, 6.45) is 28.6. The molecule has 0 heterocycles. The molecule has 0 fully saturated rings. The molecular weight excluding hydrogens is 623 g/mol. The van der Waals surface area contributed by atoms with Crippen LogP contribution in [0.3, 0.4) is 0 Å². The van der Waals surface area contributed by atoms with E-state index in [9.17, 15) is 24.2 Å². The quantitative estimate of drug-likeness (QED) is 0.0259. The van der Waals surface area contributed by atoms with E-state index in [1.165, 1.54) is 51.4 Å². The Hall–Kier alpha value is -1.55. The maximum absolute atomic E-state index is 12.5. The van der Waals surface area contributed by atoms with Gasteiger partial charge in [0.05, 0.1) is 19.8 Å². The summed E-state index contributed by atoms with van der Waals surface area (Å²) in [6.45, 7) is 2.29. The van der Waals surface area contributed by atoms with E-state index in [2.05, 4.69) is 42.7 Å². The van der Waals surface area contributed by atoms with E-state index in [-0.39, 0.29) is 19.4 Å². The van der Waals surface area contributed by atoms with Crippen molar-refractivity contribution >= 4 is 19.8 Å². The lowest BCUT2D eigenvalue weighted by atomic mass is 10.1. The van der Waals surface area contributed by atoms with Crippen LogP contribution in [0.25, 0.3) is 0 Å². The summed E-state index contributed by atoms with van der Waals surface area (Å²) < 4.78 is 32.5. The highest BCUT2D eigenvalue weighted by Gasteiger charge is 2.27. The number of carbonyl (C=O) groups is 2. The molecule has 0 aromatic carbocycles. The Morgan fingerprint density at radius 3 is 1.70 bits per heavy atom. The molecule has 10 nitrogen and oxygen atoms in total. The van der Waals surface area contributed by atoms with E-state index < -0.39 is 51.8 Å². The van der Waals surface area contributed by atoms with Crippen molar-refractivity contribution in [2.45, 2.75) is 167 Å². The van der Waals surface area contributed by atoms with Crippen LogP contribution >= 0.6 is 7.82 Å². The summed E-state index contributed by atoms with van der Waals surface area (Å²) in [5, 5.41) is 18.2. The lowest BCUT2D eigenvalue weighted by Crippen LogP contribution is -2.29. The van der Waals surface area contributed by atoms with E-state index in [1.54, 1.807) is 0 Å². The number of aliphatic hydroxyl groups excluding tert-OH is 2. The number of ether oxygens (including phenoxy) is 2. The third-order valence-corrected chi connectivity index (χ3v) is 8.56. The van der Waals surface area contributed by atoms with Crippen LogP contribution in [0.4, 0.5) is 0 Å². The molecule has 0 saturated carbocycles. The number of rotatable bonds is 34.